The Morgan fingerprint density at radius 1 is 1.53 bits per heavy atom. The van der Waals surface area contributed by atoms with Gasteiger partial charge in [-0.15, -0.1) is 11.3 Å². The molecule has 1 aliphatic heterocycles. The summed E-state index contributed by atoms with van der Waals surface area (Å²) >= 11 is 1.81. The molecule has 0 saturated carbocycles. The maximum Gasteiger partial charge on any atom is 0.0934 e. The van der Waals surface area contributed by atoms with Crippen molar-refractivity contribution in [1.82, 2.24) is 10.3 Å². The highest BCUT2D eigenvalue weighted by molar-refractivity contribution is 7.09. The lowest BCUT2D eigenvalue weighted by atomic mass is 9.93. The van der Waals surface area contributed by atoms with Crippen molar-refractivity contribution in [3.8, 4) is 0 Å². The lowest BCUT2D eigenvalue weighted by Gasteiger charge is -2.15. The number of rotatable bonds is 2. The molecule has 1 saturated heterocycles. The van der Waals surface area contributed by atoms with E-state index in [0.29, 0.717) is 11.5 Å². The van der Waals surface area contributed by atoms with Crippen LogP contribution in [0, 0.1) is 5.41 Å². The van der Waals surface area contributed by atoms with Crippen LogP contribution in [-0.2, 0) is 6.42 Å². The van der Waals surface area contributed by atoms with Gasteiger partial charge in [0.15, 0.2) is 0 Å². The summed E-state index contributed by atoms with van der Waals surface area (Å²) < 4.78 is 0. The second kappa shape index (κ2) is 4.22. The van der Waals surface area contributed by atoms with Crippen LogP contribution in [0.2, 0.25) is 0 Å². The summed E-state index contributed by atoms with van der Waals surface area (Å²) in [5.74, 6) is 0. The highest BCUT2D eigenvalue weighted by atomic mass is 32.1. The molecule has 2 nitrogen and oxygen atoms in total. The minimum absolute atomic E-state index is 0.345. The van der Waals surface area contributed by atoms with Gasteiger partial charge in [0.2, 0.25) is 0 Å². The third-order valence-corrected chi connectivity index (χ3v) is 3.54. The summed E-state index contributed by atoms with van der Waals surface area (Å²) in [6.07, 6.45) is 3.62. The van der Waals surface area contributed by atoms with Crippen molar-refractivity contribution in [1.29, 1.82) is 0 Å². The van der Waals surface area contributed by atoms with Crippen molar-refractivity contribution in [2.45, 2.75) is 46.1 Å². The molecular formula is C12H20N2S. The molecule has 1 N–H and O–H groups in total. The summed E-state index contributed by atoms with van der Waals surface area (Å²) in [6, 6.07) is 0.523. The fourth-order valence-electron chi connectivity index (χ4n) is 1.96. The predicted molar refractivity (Wildman–Crippen MR) is 65.3 cm³/mol. The van der Waals surface area contributed by atoms with Gasteiger partial charge in [-0.1, -0.05) is 20.8 Å². The Labute approximate surface area is 96.1 Å². The highest BCUT2D eigenvalue weighted by Crippen LogP contribution is 2.27. The molecule has 1 aromatic heterocycles. The van der Waals surface area contributed by atoms with Gasteiger partial charge in [-0.05, 0) is 24.8 Å². The zero-order chi connectivity index (χ0) is 10.9. The van der Waals surface area contributed by atoms with Gasteiger partial charge in [0.25, 0.3) is 0 Å². The van der Waals surface area contributed by atoms with E-state index in [1.807, 2.05) is 11.3 Å². The van der Waals surface area contributed by atoms with Gasteiger partial charge in [0.1, 0.15) is 0 Å². The largest absolute Gasteiger partial charge is 0.309 e. The van der Waals surface area contributed by atoms with Crippen LogP contribution in [0.25, 0.3) is 0 Å². The molecule has 15 heavy (non-hydrogen) atoms. The first kappa shape index (κ1) is 11.1. The molecule has 0 amide bonds. The molecule has 2 heterocycles. The normalized spacial score (nSPS) is 22.2. The van der Waals surface area contributed by atoms with Crippen molar-refractivity contribution in [2.75, 3.05) is 6.54 Å². The summed E-state index contributed by atoms with van der Waals surface area (Å²) in [7, 11) is 0. The van der Waals surface area contributed by atoms with Gasteiger partial charge >= 0.3 is 0 Å². The average Bonchev–Trinajstić information content (AvgIpc) is 2.68. The third kappa shape index (κ3) is 3.02. The Balaban J connectivity index is 2.03. The Hall–Kier alpha value is -0.410. The van der Waals surface area contributed by atoms with Crippen molar-refractivity contribution in [3.63, 3.8) is 0 Å². The van der Waals surface area contributed by atoms with E-state index in [0.717, 1.165) is 13.0 Å². The van der Waals surface area contributed by atoms with E-state index in [1.54, 1.807) is 0 Å². The second-order valence-corrected chi connectivity index (χ2v) is 6.50. The maximum absolute atomic E-state index is 4.73. The summed E-state index contributed by atoms with van der Waals surface area (Å²) in [5.41, 5.74) is 1.61. The maximum atomic E-state index is 4.73. The molecule has 0 unspecified atom stereocenters. The second-order valence-electron chi connectivity index (χ2n) is 5.55. The molecule has 0 bridgehead atoms. The zero-order valence-corrected chi connectivity index (χ0v) is 10.7. The lowest BCUT2D eigenvalue weighted by molar-refractivity contribution is 0.409. The fourth-order valence-corrected chi connectivity index (χ4v) is 3.11. The van der Waals surface area contributed by atoms with Gasteiger partial charge in [-0.25, -0.2) is 4.98 Å². The molecule has 0 aromatic carbocycles. The van der Waals surface area contributed by atoms with Crippen LogP contribution in [0.15, 0.2) is 5.38 Å². The van der Waals surface area contributed by atoms with Crippen LogP contribution in [0.3, 0.4) is 0 Å². The number of hydrogen-bond acceptors (Lipinski definition) is 3. The zero-order valence-electron chi connectivity index (χ0n) is 9.84. The fraction of sp³-hybridized carbons (Fsp3) is 0.750. The molecule has 0 spiro atoms. The predicted octanol–water partition coefficient (Wildman–Crippen LogP) is 3.16. The first-order valence-corrected chi connectivity index (χ1v) is 6.60. The van der Waals surface area contributed by atoms with Crippen LogP contribution >= 0.6 is 11.3 Å². The van der Waals surface area contributed by atoms with Gasteiger partial charge < -0.3 is 5.32 Å². The number of nitrogens with zero attached hydrogens (tertiary/aromatic N) is 1. The summed E-state index contributed by atoms with van der Waals surface area (Å²) in [6.45, 7) is 7.95. The smallest absolute Gasteiger partial charge is 0.0934 e. The molecule has 84 valence electrons. The monoisotopic (exact) mass is 224 g/mol. The molecule has 2 rings (SSSR count). The molecule has 1 aromatic rings. The summed E-state index contributed by atoms with van der Waals surface area (Å²) in [5, 5.41) is 7.00. The van der Waals surface area contributed by atoms with Crippen LogP contribution < -0.4 is 5.32 Å². The SMILES string of the molecule is CC(C)(C)Cc1nc([C@H]2CCCN2)cs1. The lowest BCUT2D eigenvalue weighted by Crippen LogP contribution is -2.14. The van der Waals surface area contributed by atoms with Crippen LogP contribution in [0.1, 0.15) is 50.4 Å². The van der Waals surface area contributed by atoms with Crippen LogP contribution in [-0.4, -0.2) is 11.5 Å². The molecule has 0 aliphatic carbocycles. The molecular weight excluding hydrogens is 204 g/mol. The minimum Gasteiger partial charge on any atom is -0.309 e. The van der Waals surface area contributed by atoms with Crippen molar-refractivity contribution < 1.29 is 0 Å². The van der Waals surface area contributed by atoms with Crippen LogP contribution in [0.4, 0.5) is 0 Å². The van der Waals surface area contributed by atoms with Gasteiger partial charge in [0, 0.05) is 11.8 Å². The van der Waals surface area contributed by atoms with Crippen molar-refractivity contribution in [2.24, 2.45) is 5.41 Å². The molecule has 0 radical (unpaired) electrons. The Morgan fingerprint density at radius 2 is 2.33 bits per heavy atom. The molecule has 3 heteroatoms. The number of nitrogens with one attached hydrogen (secondary N) is 1. The van der Waals surface area contributed by atoms with E-state index in [4.69, 9.17) is 4.98 Å². The van der Waals surface area contributed by atoms with E-state index in [2.05, 4.69) is 31.5 Å². The quantitative estimate of drug-likeness (QED) is 0.834. The van der Waals surface area contributed by atoms with Crippen molar-refractivity contribution in [3.05, 3.63) is 16.1 Å². The van der Waals surface area contributed by atoms with E-state index in [9.17, 15) is 0 Å². The summed E-state index contributed by atoms with van der Waals surface area (Å²) in [4.78, 5) is 4.73. The average molecular weight is 224 g/mol. The number of thiazole rings is 1. The van der Waals surface area contributed by atoms with E-state index in [1.165, 1.54) is 23.5 Å². The van der Waals surface area contributed by atoms with E-state index >= 15 is 0 Å². The molecule has 1 aliphatic rings. The Bertz CT molecular complexity index is 319. The van der Waals surface area contributed by atoms with Gasteiger partial charge in [-0.2, -0.15) is 0 Å². The van der Waals surface area contributed by atoms with Gasteiger partial charge in [-0.3, -0.25) is 0 Å². The standard InChI is InChI=1S/C12H20N2S/c1-12(2,3)7-11-14-10(8-15-11)9-5-4-6-13-9/h8-9,13H,4-7H2,1-3H3/t9-/m1/s1. The third-order valence-electron chi connectivity index (χ3n) is 2.67. The first-order chi connectivity index (χ1) is 7.04. The van der Waals surface area contributed by atoms with Crippen molar-refractivity contribution >= 4 is 11.3 Å². The molecule has 1 fully saturated rings. The number of aromatic nitrogens is 1. The highest BCUT2D eigenvalue weighted by Gasteiger charge is 2.20. The topological polar surface area (TPSA) is 24.9 Å². The van der Waals surface area contributed by atoms with Crippen LogP contribution in [0.5, 0.6) is 0 Å². The Morgan fingerprint density at radius 3 is 2.93 bits per heavy atom. The van der Waals surface area contributed by atoms with Gasteiger partial charge in [0.05, 0.1) is 16.7 Å². The van der Waals surface area contributed by atoms with E-state index in [-0.39, 0.29) is 0 Å². The first-order valence-electron chi connectivity index (χ1n) is 5.72. The van der Waals surface area contributed by atoms with E-state index < -0.39 is 0 Å². The Kier molecular flexibility index (Phi) is 3.12. The number of hydrogen-bond donors (Lipinski definition) is 1. The molecule has 1 atom stereocenters. The minimum atomic E-state index is 0.345.